The van der Waals surface area contributed by atoms with Gasteiger partial charge in [0.15, 0.2) is 0 Å². The maximum absolute atomic E-state index is 10.2. The van der Waals surface area contributed by atoms with Crippen molar-refractivity contribution >= 4 is 0 Å². The van der Waals surface area contributed by atoms with Gasteiger partial charge in [0.05, 0.1) is 6.54 Å². The van der Waals surface area contributed by atoms with E-state index in [9.17, 15) is 5.21 Å². The molecular weight excluding hydrogens is 270 g/mol. The average Bonchev–Trinajstić information content (AvgIpc) is 2.54. The zero-order valence-corrected chi connectivity index (χ0v) is 15.4. The van der Waals surface area contributed by atoms with Crippen LogP contribution < -0.4 is 5.48 Å². The first-order valence-corrected chi connectivity index (χ1v) is 10.4. The summed E-state index contributed by atoms with van der Waals surface area (Å²) in [5.74, 6) is 0. The molecule has 0 aromatic carbocycles. The molecule has 22 heavy (non-hydrogen) atoms. The summed E-state index contributed by atoms with van der Waals surface area (Å²) in [4.78, 5) is 0. The minimum absolute atomic E-state index is 0.763. The zero-order valence-electron chi connectivity index (χ0n) is 15.4. The first-order valence-electron chi connectivity index (χ1n) is 10.4. The monoisotopic (exact) mass is 313 g/mol. The molecule has 134 valence electrons. The lowest BCUT2D eigenvalue weighted by molar-refractivity contribution is -0.589. The summed E-state index contributed by atoms with van der Waals surface area (Å²) in [5, 5.41) is 10.2. The highest BCUT2D eigenvalue weighted by Gasteiger charge is 1.94. The predicted octanol–water partition coefficient (Wildman–Crippen LogP) is 6.09. The normalized spacial score (nSPS) is 11.2. The fourth-order valence-corrected chi connectivity index (χ4v) is 3.13. The molecule has 0 radical (unpaired) electrons. The van der Waals surface area contributed by atoms with E-state index in [-0.39, 0.29) is 0 Å². The molecule has 2 N–H and O–H groups in total. The molecule has 0 aromatic rings. The third-order valence-corrected chi connectivity index (χ3v) is 4.68. The number of rotatable bonds is 19. The number of unbranched alkanes of at least 4 members (excludes halogenated alkanes) is 17. The van der Waals surface area contributed by atoms with E-state index < -0.39 is 0 Å². The molecule has 0 saturated heterocycles. The van der Waals surface area contributed by atoms with Gasteiger partial charge >= 0.3 is 0 Å². The summed E-state index contributed by atoms with van der Waals surface area (Å²) in [5.41, 5.74) is 1.05. The second-order valence-corrected chi connectivity index (χ2v) is 6.97. The van der Waals surface area contributed by atoms with Crippen LogP contribution in [0.15, 0.2) is 0 Å². The van der Waals surface area contributed by atoms with Crippen molar-refractivity contribution in [1.82, 2.24) is 0 Å². The molecule has 0 amide bonds. The van der Waals surface area contributed by atoms with Crippen molar-refractivity contribution in [3.05, 3.63) is 5.21 Å². The molecule has 0 aliphatic carbocycles. The number of hydrogen-bond donors (Lipinski definition) is 1. The maximum Gasteiger partial charge on any atom is 0.0752 e. The highest BCUT2D eigenvalue weighted by atomic mass is 16.5. The van der Waals surface area contributed by atoms with Crippen LogP contribution in [0.5, 0.6) is 0 Å². The van der Waals surface area contributed by atoms with E-state index in [4.69, 9.17) is 0 Å². The Kier molecular flexibility index (Phi) is 20.8. The fourth-order valence-electron chi connectivity index (χ4n) is 3.13. The van der Waals surface area contributed by atoms with E-state index in [1.54, 1.807) is 0 Å². The predicted molar refractivity (Wildman–Crippen MR) is 98.9 cm³/mol. The third-order valence-electron chi connectivity index (χ3n) is 4.68. The Hall–Kier alpha value is -0.0800. The van der Waals surface area contributed by atoms with Gasteiger partial charge < -0.3 is 10.7 Å². The van der Waals surface area contributed by atoms with E-state index >= 15 is 0 Å². The summed E-state index contributed by atoms with van der Waals surface area (Å²) in [6.07, 6.45) is 25.2. The van der Waals surface area contributed by atoms with Gasteiger partial charge in [-0.2, -0.15) is 0 Å². The maximum atomic E-state index is 10.2. The molecular formula is C20H43NO. The van der Waals surface area contributed by atoms with Crippen molar-refractivity contribution in [2.75, 3.05) is 6.54 Å². The minimum atomic E-state index is 0.763. The molecule has 0 spiro atoms. The quantitative estimate of drug-likeness (QED) is 0.227. The minimum Gasteiger partial charge on any atom is -0.636 e. The van der Waals surface area contributed by atoms with E-state index in [0.29, 0.717) is 0 Å². The molecule has 0 fully saturated rings. The number of nitrogens with two attached hydrogens (primary N) is 1. The van der Waals surface area contributed by atoms with Crippen LogP contribution in [0.1, 0.15) is 122 Å². The molecule has 0 aromatic heterocycles. The first-order chi connectivity index (χ1) is 10.9. The molecule has 2 heteroatoms. The second-order valence-electron chi connectivity index (χ2n) is 6.97. The van der Waals surface area contributed by atoms with Crippen LogP contribution in [-0.4, -0.2) is 6.54 Å². The Bertz CT molecular complexity index is 165. The molecule has 0 aliphatic rings. The lowest BCUT2D eigenvalue weighted by Crippen LogP contribution is -2.77. The summed E-state index contributed by atoms with van der Waals surface area (Å²) in [6, 6.07) is 0. The Morgan fingerprint density at radius 2 is 0.727 bits per heavy atom. The van der Waals surface area contributed by atoms with Crippen LogP contribution in [0.25, 0.3) is 0 Å². The Morgan fingerprint density at radius 3 is 1.00 bits per heavy atom. The van der Waals surface area contributed by atoms with Crippen LogP contribution in [0.3, 0.4) is 0 Å². The van der Waals surface area contributed by atoms with E-state index in [1.807, 2.05) is 0 Å². The Morgan fingerprint density at radius 1 is 0.455 bits per heavy atom. The van der Waals surface area contributed by atoms with Gasteiger partial charge in [-0.1, -0.05) is 110 Å². The zero-order chi connectivity index (χ0) is 16.1. The van der Waals surface area contributed by atoms with E-state index in [0.717, 1.165) is 18.4 Å². The molecule has 0 heterocycles. The molecule has 0 atom stereocenters. The van der Waals surface area contributed by atoms with Gasteiger partial charge in [0.1, 0.15) is 0 Å². The number of quaternary nitrogens is 1. The van der Waals surface area contributed by atoms with Crippen molar-refractivity contribution in [3.63, 3.8) is 0 Å². The van der Waals surface area contributed by atoms with Gasteiger partial charge in [-0.15, -0.1) is 0 Å². The molecule has 0 saturated carbocycles. The van der Waals surface area contributed by atoms with Gasteiger partial charge in [-0.25, -0.2) is 0 Å². The van der Waals surface area contributed by atoms with Crippen molar-refractivity contribution < 1.29 is 5.48 Å². The molecule has 2 nitrogen and oxygen atoms in total. The second kappa shape index (κ2) is 20.9. The molecule has 0 aliphatic heterocycles. The number of hydrogen-bond acceptors (Lipinski definition) is 1. The van der Waals surface area contributed by atoms with Gasteiger partial charge in [0.2, 0.25) is 0 Å². The summed E-state index contributed by atoms with van der Waals surface area (Å²) < 4.78 is 0. The van der Waals surface area contributed by atoms with Gasteiger partial charge in [0, 0.05) is 0 Å². The highest BCUT2D eigenvalue weighted by molar-refractivity contribution is 4.50. The van der Waals surface area contributed by atoms with Crippen molar-refractivity contribution in [3.8, 4) is 0 Å². The van der Waals surface area contributed by atoms with Crippen molar-refractivity contribution in [2.24, 2.45) is 0 Å². The van der Waals surface area contributed by atoms with Gasteiger partial charge in [-0.05, 0) is 12.8 Å². The largest absolute Gasteiger partial charge is 0.636 e. The lowest BCUT2D eigenvalue weighted by Gasteiger charge is -2.04. The first kappa shape index (κ1) is 21.9. The average molecular weight is 314 g/mol. The van der Waals surface area contributed by atoms with Crippen LogP contribution >= 0.6 is 0 Å². The van der Waals surface area contributed by atoms with Gasteiger partial charge in [-0.3, -0.25) is 0 Å². The fraction of sp³-hybridized carbons (Fsp3) is 1.00. The van der Waals surface area contributed by atoms with Crippen molar-refractivity contribution in [1.29, 1.82) is 0 Å². The Balaban J connectivity index is 2.91. The molecule has 0 unspecified atom stereocenters. The summed E-state index contributed by atoms with van der Waals surface area (Å²) >= 11 is 0. The Labute approximate surface area is 140 Å². The van der Waals surface area contributed by atoms with Crippen molar-refractivity contribution in [2.45, 2.75) is 122 Å². The summed E-state index contributed by atoms with van der Waals surface area (Å²) in [6.45, 7) is 3.05. The van der Waals surface area contributed by atoms with Crippen LogP contribution in [0, 0.1) is 5.21 Å². The molecule has 0 bridgehead atoms. The van der Waals surface area contributed by atoms with Crippen LogP contribution in [0.4, 0.5) is 0 Å². The van der Waals surface area contributed by atoms with Crippen LogP contribution in [0.2, 0.25) is 0 Å². The topological polar surface area (TPSA) is 39.7 Å². The summed E-state index contributed by atoms with van der Waals surface area (Å²) in [7, 11) is 0. The lowest BCUT2D eigenvalue weighted by atomic mass is 10.0. The standard InChI is InChI=1S/C20H43NO/c1-2-3-4-5-6-7-8-9-10-11-12-13-14-15-16-17-18-19-20-21-22/h2-21H2,1H3. The molecule has 0 rings (SSSR count). The highest BCUT2D eigenvalue weighted by Crippen LogP contribution is 2.14. The number of hydroxylamine groups is 1. The SMILES string of the molecule is CCCCCCCCCCCCCCCCCCCC[NH2+][O-]. The smallest absolute Gasteiger partial charge is 0.0752 e. The van der Waals surface area contributed by atoms with E-state index in [1.165, 1.54) is 109 Å². The van der Waals surface area contributed by atoms with E-state index in [2.05, 4.69) is 6.92 Å². The van der Waals surface area contributed by atoms with Crippen LogP contribution in [-0.2, 0) is 0 Å². The van der Waals surface area contributed by atoms with Gasteiger partial charge in [0.25, 0.3) is 0 Å². The third kappa shape index (κ3) is 19.9.